The monoisotopic (exact) mass is 449 g/mol. The molecule has 6 heteroatoms. The van der Waals surface area contributed by atoms with Gasteiger partial charge >= 0.3 is 0 Å². The van der Waals surface area contributed by atoms with Crippen LogP contribution in [0, 0.1) is 11.8 Å². The van der Waals surface area contributed by atoms with E-state index in [1.807, 2.05) is 6.20 Å². The van der Waals surface area contributed by atoms with Gasteiger partial charge in [-0.15, -0.1) is 6.58 Å². The minimum atomic E-state index is 0.108. The minimum absolute atomic E-state index is 0.108. The fourth-order valence-corrected chi connectivity index (χ4v) is 6.46. The van der Waals surface area contributed by atoms with E-state index in [-0.39, 0.29) is 18.1 Å². The van der Waals surface area contributed by atoms with Crippen LogP contribution >= 0.6 is 12.2 Å². The second-order valence-corrected chi connectivity index (χ2v) is 10.2. The molecular weight excluding hydrogens is 414 g/mol. The first-order valence-electron chi connectivity index (χ1n) is 12.2. The Hall–Kier alpha value is -2.02. The summed E-state index contributed by atoms with van der Waals surface area (Å²) in [6, 6.07) is 11.5. The van der Waals surface area contributed by atoms with E-state index < -0.39 is 0 Å². The molecule has 170 valence electrons. The SMILES string of the molecule is C=C[C@H]1CN2CC[C@H]1C[C@@H]2[C@H](NC(=S)N[C@@H]1CCCC[C@H]1N)c1ccnc2ccccc12. The highest BCUT2D eigenvalue weighted by atomic mass is 32.1. The summed E-state index contributed by atoms with van der Waals surface area (Å²) in [5.74, 6) is 1.30. The largest absolute Gasteiger partial charge is 0.358 e. The minimum Gasteiger partial charge on any atom is -0.358 e. The average molecular weight is 450 g/mol. The first kappa shape index (κ1) is 21.8. The third kappa shape index (κ3) is 4.28. The highest BCUT2D eigenvalue weighted by Crippen LogP contribution is 2.42. The molecule has 4 N–H and O–H groups in total. The number of fused-ring (bicyclic) bond motifs is 4. The normalized spacial score (nSPS) is 32.9. The fraction of sp³-hybridized carbons (Fsp3) is 0.538. The lowest BCUT2D eigenvalue weighted by Crippen LogP contribution is -2.59. The number of nitrogens with one attached hydrogen (secondary N) is 2. The molecule has 0 spiro atoms. The van der Waals surface area contributed by atoms with Crippen LogP contribution in [-0.2, 0) is 0 Å². The van der Waals surface area contributed by atoms with Gasteiger partial charge in [0.25, 0.3) is 0 Å². The number of pyridine rings is 1. The van der Waals surface area contributed by atoms with Gasteiger partial charge in [0.15, 0.2) is 5.11 Å². The van der Waals surface area contributed by atoms with Crippen molar-refractivity contribution < 1.29 is 0 Å². The standard InChI is InChI=1S/C26H35N5S/c1-2-17-16-31-14-12-18(17)15-24(31)25(20-11-13-28-22-9-5-3-7-19(20)22)30-26(32)29-23-10-6-4-8-21(23)27/h2-3,5,7,9,11,13,17-18,21,23-25H,1,4,6,8,10,12,14-16,27H2,(H2,29,30,32)/t17-,18-,21+,23+,24+,25+/m0/s1. The van der Waals surface area contributed by atoms with Crippen molar-refractivity contribution in [3.05, 3.63) is 54.7 Å². The Bertz CT molecular complexity index is 972. The van der Waals surface area contributed by atoms with E-state index in [2.05, 4.69) is 63.5 Å². The van der Waals surface area contributed by atoms with Gasteiger partial charge in [-0.05, 0) is 74.0 Å². The third-order valence-electron chi connectivity index (χ3n) is 7.98. The Morgan fingerprint density at radius 3 is 2.84 bits per heavy atom. The zero-order valence-electron chi connectivity index (χ0n) is 18.7. The van der Waals surface area contributed by atoms with Crippen LogP contribution in [-0.4, -0.2) is 46.2 Å². The Morgan fingerprint density at radius 1 is 1.22 bits per heavy atom. The van der Waals surface area contributed by atoms with Gasteiger partial charge in [-0.3, -0.25) is 9.88 Å². The lowest BCUT2D eigenvalue weighted by atomic mass is 9.73. The number of nitrogens with two attached hydrogens (primary N) is 1. The number of nitrogens with zero attached hydrogens (tertiary/aromatic N) is 2. The van der Waals surface area contributed by atoms with Gasteiger partial charge in [-0.1, -0.05) is 37.1 Å². The molecular formula is C26H35N5S. The third-order valence-corrected chi connectivity index (χ3v) is 8.21. The first-order chi connectivity index (χ1) is 15.6. The molecule has 2 aromatic rings. The molecule has 3 saturated heterocycles. The van der Waals surface area contributed by atoms with E-state index in [1.165, 1.54) is 30.2 Å². The molecule has 0 amide bonds. The summed E-state index contributed by atoms with van der Waals surface area (Å²) < 4.78 is 0. The van der Waals surface area contributed by atoms with Crippen molar-refractivity contribution in [1.29, 1.82) is 0 Å². The van der Waals surface area contributed by atoms with Crippen LogP contribution in [0.15, 0.2) is 49.2 Å². The molecule has 4 heterocycles. The van der Waals surface area contributed by atoms with Crippen molar-refractivity contribution in [2.24, 2.45) is 17.6 Å². The molecule has 1 saturated carbocycles. The molecule has 3 aliphatic heterocycles. The van der Waals surface area contributed by atoms with Gasteiger partial charge in [-0.2, -0.15) is 0 Å². The quantitative estimate of drug-likeness (QED) is 0.475. The number of benzene rings is 1. The summed E-state index contributed by atoms with van der Waals surface area (Å²) in [5, 5.41) is 9.24. The van der Waals surface area contributed by atoms with E-state index in [0.717, 1.165) is 43.0 Å². The second kappa shape index (κ2) is 9.46. The van der Waals surface area contributed by atoms with Crippen molar-refractivity contribution in [2.45, 2.75) is 62.7 Å². The van der Waals surface area contributed by atoms with Crippen molar-refractivity contribution >= 4 is 28.2 Å². The number of piperidine rings is 3. The van der Waals surface area contributed by atoms with E-state index in [0.29, 0.717) is 17.9 Å². The summed E-state index contributed by atoms with van der Waals surface area (Å²) in [6.45, 7) is 6.34. The number of aromatic nitrogens is 1. The molecule has 4 fully saturated rings. The van der Waals surface area contributed by atoms with Gasteiger partial charge in [0.1, 0.15) is 0 Å². The van der Waals surface area contributed by atoms with Crippen LogP contribution in [0.1, 0.15) is 50.1 Å². The maximum Gasteiger partial charge on any atom is 0.167 e. The molecule has 1 aliphatic carbocycles. The van der Waals surface area contributed by atoms with Gasteiger partial charge in [0.05, 0.1) is 11.6 Å². The van der Waals surface area contributed by atoms with Gasteiger partial charge in [-0.25, -0.2) is 0 Å². The van der Waals surface area contributed by atoms with Crippen molar-refractivity contribution in [3.8, 4) is 0 Å². The Labute approximate surface area is 196 Å². The summed E-state index contributed by atoms with van der Waals surface area (Å²) >= 11 is 5.86. The molecule has 1 unspecified atom stereocenters. The summed E-state index contributed by atoms with van der Waals surface area (Å²) in [4.78, 5) is 7.25. The molecule has 6 rings (SSSR count). The van der Waals surface area contributed by atoms with Crippen molar-refractivity contribution in [2.75, 3.05) is 13.1 Å². The van der Waals surface area contributed by atoms with Crippen LogP contribution in [0.4, 0.5) is 0 Å². The lowest BCUT2D eigenvalue weighted by Gasteiger charge is -2.52. The number of para-hydroxylation sites is 1. The Morgan fingerprint density at radius 2 is 2.06 bits per heavy atom. The average Bonchev–Trinajstić information content (AvgIpc) is 2.84. The van der Waals surface area contributed by atoms with Crippen LogP contribution in [0.3, 0.4) is 0 Å². The molecule has 1 aromatic carbocycles. The molecule has 0 radical (unpaired) electrons. The number of hydrogen-bond acceptors (Lipinski definition) is 4. The summed E-state index contributed by atoms with van der Waals surface area (Å²) in [7, 11) is 0. The molecule has 4 aliphatic rings. The lowest BCUT2D eigenvalue weighted by molar-refractivity contribution is 0.00426. The molecule has 32 heavy (non-hydrogen) atoms. The number of hydrogen-bond donors (Lipinski definition) is 3. The highest BCUT2D eigenvalue weighted by Gasteiger charge is 2.43. The predicted molar refractivity (Wildman–Crippen MR) is 135 cm³/mol. The zero-order chi connectivity index (χ0) is 22.1. The van der Waals surface area contributed by atoms with Crippen LogP contribution < -0.4 is 16.4 Å². The summed E-state index contributed by atoms with van der Waals surface area (Å²) in [5.41, 5.74) is 8.70. The zero-order valence-corrected chi connectivity index (χ0v) is 19.6. The van der Waals surface area contributed by atoms with Gasteiger partial charge in [0.2, 0.25) is 0 Å². The molecule has 1 aromatic heterocycles. The van der Waals surface area contributed by atoms with Gasteiger partial charge in [0, 0.05) is 36.3 Å². The van der Waals surface area contributed by atoms with Crippen LogP contribution in [0.2, 0.25) is 0 Å². The maximum absolute atomic E-state index is 6.39. The van der Waals surface area contributed by atoms with Crippen LogP contribution in [0.25, 0.3) is 10.9 Å². The Kier molecular flexibility index (Phi) is 6.44. The summed E-state index contributed by atoms with van der Waals surface area (Å²) in [6.07, 6.45) is 11.1. The maximum atomic E-state index is 6.39. The van der Waals surface area contributed by atoms with Crippen molar-refractivity contribution in [3.63, 3.8) is 0 Å². The smallest absolute Gasteiger partial charge is 0.167 e. The second-order valence-electron chi connectivity index (χ2n) is 9.81. The number of rotatable bonds is 5. The highest BCUT2D eigenvalue weighted by molar-refractivity contribution is 7.80. The van der Waals surface area contributed by atoms with Crippen molar-refractivity contribution in [1.82, 2.24) is 20.5 Å². The first-order valence-corrected chi connectivity index (χ1v) is 12.6. The Balaban J connectivity index is 1.44. The number of thiocarbonyl (C=S) groups is 1. The topological polar surface area (TPSA) is 66.2 Å². The van der Waals surface area contributed by atoms with E-state index in [4.69, 9.17) is 18.0 Å². The van der Waals surface area contributed by atoms with Crippen LogP contribution in [0.5, 0.6) is 0 Å². The molecule has 7 atom stereocenters. The predicted octanol–water partition coefficient (Wildman–Crippen LogP) is 3.91. The van der Waals surface area contributed by atoms with E-state index in [9.17, 15) is 0 Å². The molecule has 2 bridgehead atoms. The van der Waals surface area contributed by atoms with E-state index >= 15 is 0 Å². The fourth-order valence-electron chi connectivity index (χ4n) is 6.18. The van der Waals surface area contributed by atoms with E-state index in [1.54, 1.807) is 0 Å². The molecule has 5 nitrogen and oxygen atoms in total. The van der Waals surface area contributed by atoms with Gasteiger partial charge < -0.3 is 16.4 Å².